The fraction of sp³-hybridized carbons (Fsp3) is 0.0500. The molecule has 25 heavy (non-hydrogen) atoms. The van der Waals surface area contributed by atoms with Crippen LogP contribution in [0.3, 0.4) is 0 Å². The van der Waals surface area contributed by atoms with Crippen LogP contribution in [0.25, 0.3) is 0 Å². The number of nitrogens with zero attached hydrogens (tertiary/aromatic N) is 2. The van der Waals surface area contributed by atoms with E-state index in [1.54, 1.807) is 30.3 Å². The molecule has 0 aliphatic rings. The molecule has 2 N–H and O–H groups in total. The molecular weight excluding hydrogens is 314 g/mol. The Hall–Kier alpha value is -3.47. The predicted octanol–water partition coefficient (Wildman–Crippen LogP) is 5.37. The highest BCUT2D eigenvalue weighted by Gasteiger charge is 2.15. The van der Waals surface area contributed by atoms with Crippen molar-refractivity contribution in [2.75, 3.05) is 5.32 Å². The number of anilines is 1. The molecule has 0 atom stereocenters. The molecule has 0 aliphatic heterocycles. The number of hydrogen-bond acceptors (Lipinski definition) is 4. The second-order valence-electron chi connectivity index (χ2n) is 5.48. The number of phenols is 1. The van der Waals surface area contributed by atoms with Crippen LogP contribution in [0.15, 0.2) is 83.0 Å². The number of azo groups is 1. The predicted molar refractivity (Wildman–Crippen MR) is 97.9 cm³/mol. The van der Waals surface area contributed by atoms with E-state index in [1.165, 1.54) is 6.07 Å². The minimum Gasteiger partial charge on any atom is -0.506 e. The van der Waals surface area contributed by atoms with Gasteiger partial charge in [0.25, 0.3) is 5.91 Å². The molecule has 0 fully saturated rings. The Morgan fingerprint density at radius 3 is 2.20 bits per heavy atom. The van der Waals surface area contributed by atoms with Gasteiger partial charge in [-0.25, -0.2) is 0 Å². The van der Waals surface area contributed by atoms with Crippen molar-refractivity contribution < 1.29 is 9.90 Å². The van der Waals surface area contributed by atoms with Gasteiger partial charge >= 0.3 is 0 Å². The summed E-state index contributed by atoms with van der Waals surface area (Å²) in [7, 11) is 0. The Morgan fingerprint density at radius 2 is 1.52 bits per heavy atom. The molecule has 0 bridgehead atoms. The normalized spacial score (nSPS) is 10.8. The Kier molecular flexibility index (Phi) is 4.85. The van der Waals surface area contributed by atoms with Gasteiger partial charge in [-0.05, 0) is 42.8 Å². The van der Waals surface area contributed by atoms with Gasteiger partial charge in [0, 0.05) is 5.56 Å². The first-order valence-corrected chi connectivity index (χ1v) is 7.81. The number of nitrogens with one attached hydrogen (secondary N) is 1. The van der Waals surface area contributed by atoms with Crippen molar-refractivity contribution >= 4 is 23.0 Å². The highest BCUT2D eigenvalue weighted by molar-refractivity contribution is 6.06. The Bertz CT molecular complexity index is 907. The van der Waals surface area contributed by atoms with E-state index in [4.69, 9.17) is 0 Å². The second-order valence-corrected chi connectivity index (χ2v) is 5.48. The molecule has 3 rings (SSSR count). The smallest absolute Gasteiger partial charge is 0.255 e. The van der Waals surface area contributed by atoms with Crippen LogP contribution in [0.5, 0.6) is 5.75 Å². The SMILES string of the molecule is Cc1ccc(O)c(NC(=O)c2ccccc2)c1N=Nc1ccccc1. The van der Waals surface area contributed by atoms with E-state index in [0.29, 0.717) is 16.9 Å². The quantitative estimate of drug-likeness (QED) is 0.498. The van der Waals surface area contributed by atoms with Crippen LogP contribution in [0.1, 0.15) is 15.9 Å². The molecule has 0 aliphatic carbocycles. The molecular formula is C20H17N3O2. The molecule has 0 saturated carbocycles. The van der Waals surface area contributed by atoms with Gasteiger partial charge in [0.1, 0.15) is 17.1 Å². The lowest BCUT2D eigenvalue weighted by Crippen LogP contribution is -2.12. The van der Waals surface area contributed by atoms with Crippen LogP contribution < -0.4 is 5.32 Å². The number of phenolic OH excluding ortho intramolecular Hbond substituents is 1. The monoisotopic (exact) mass is 331 g/mol. The summed E-state index contributed by atoms with van der Waals surface area (Å²) in [6, 6.07) is 21.3. The van der Waals surface area contributed by atoms with Gasteiger partial charge in [-0.2, -0.15) is 5.11 Å². The van der Waals surface area contributed by atoms with E-state index in [2.05, 4.69) is 15.5 Å². The summed E-state index contributed by atoms with van der Waals surface area (Å²) in [5.41, 5.74) is 2.64. The molecule has 3 aromatic carbocycles. The summed E-state index contributed by atoms with van der Waals surface area (Å²) >= 11 is 0. The van der Waals surface area contributed by atoms with Gasteiger partial charge in [-0.1, -0.05) is 42.5 Å². The number of aromatic hydroxyl groups is 1. The molecule has 0 radical (unpaired) electrons. The maximum Gasteiger partial charge on any atom is 0.255 e. The highest BCUT2D eigenvalue weighted by Crippen LogP contribution is 2.38. The van der Waals surface area contributed by atoms with Gasteiger partial charge in [-0.3, -0.25) is 4.79 Å². The maximum absolute atomic E-state index is 12.4. The molecule has 3 aromatic rings. The lowest BCUT2D eigenvalue weighted by atomic mass is 10.1. The average molecular weight is 331 g/mol. The van der Waals surface area contributed by atoms with Crippen LogP contribution in [-0.2, 0) is 0 Å². The van der Waals surface area contributed by atoms with Crippen molar-refractivity contribution in [1.82, 2.24) is 0 Å². The summed E-state index contributed by atoms with van der Waals surface area (Å²) in [4.78, 5) is 12.4. The standard InChI is InChI=1S/C20H17N3O2/c1-14-12-13-17(24)19(21-20(25)15-8-4-2-5-9-15)18(14)23-22-16-10-6-3-7-11-16/h2-13,24H,1H3,(H,21,25). The minimum absolute atomic E-state index is 0.0584. The zero-order valence-electron chi connectivity index (χ0n) is 13.7. The lowest BCUT2D eigenvalue weighted by molar-refractivity contribution is 0.102. The first-order valence-electron chi connectivity index (χ1n) is 7.81. The van der Waals surface area contributed by atoms with Gasteiger partial charge in [0.05, 0.1) is 5.69 Å². The number of aryl methyl sites for hydroxylation is 1. The summed E-state index contributed by atoms with van der Waals surface area (Å²) < 4.78 is 0. The largest absolute Gasteiger partial charge is 0.506 e. The number of amides is 1. The molecule has 5 nitrogen and oxygen atoms in total. The van der Waals surface area contributed by atoms with E-state index in [9.17, 15) is 9.90 Å². The lowest BCUT2D eigenvalue weighted by Gasteiger charge is -2.12. The molecule has 5 heteroatoms. The third-order valence-electron chi connectivity index (χ3n) is 3.65. The van der Waals surface area contributed by atoms with Crippen LogP contribution in [0.2, 0.25) is 0 Å². The topological polar surface area (TPSA) is 74.0 Å². The molecule has 124 valence electrons. The van der Waals surface area contributed by atoms with Crippen molar-refractivity contribution in [1.29, 1.82) is 0 Å². The Morgan fingerprint density at radius 1 is 0.880 bits per heavy atom. The maximum atomic E-state index is 12.4. The molecule has 0 spiro atoms. The molecule has 0 unspecified atom stereocenters. The molecule has 0 aromatic heterocycles. The summed E-state index contributed by atoms with van der Waals surface area (Å²) in [6.07, 6.45) is 0. The van der Waals surface area contributed by atoms with Gasteiger partial charge in [0.15, 0.2) is 0 Å². The third kappa shape index (κ3) is 3.90. The summed E-state index contributed by atoms with van der Waals surface area (Å²) in [6.45, 7) is 1.84. The zero-order chi connectivity index (χ0) is 17.6. The number of carbonyl (C=O) groups excluding carboxylic acids is 1. The van der Waals surface area contributed by atoms with E-state index in [0.717, 1.165) is 5.56 Å². The van der Waals surface area contributed by atoms with Crippen LogP contribution in [-0.4, -0.2) is 11.0 Å². The van der Waals surface area contributed by atoms with Crippen molar-refractivity contribution in [3.8, 4) is 5.75 Å². The molecule has 1 amide bonds. The van der Waals surface area contributed by atoms with Crippen LogP contribution in [0.4, 0.5) is 17.1 Å². The summed E-state index contributed by atoms with van der Waals surface area (Å²) in [5.74, 6) is -0.380. The Labute approximate surface area is 145 Å². The van der Waals surface area contributed by atoms with Gasteiger partial charge in [-0.15, -0.1) is 5.11 Å². The van der Waals surface area contributed by atoms with E-state index in [-0.39, 0.29) is 17.3 Å². The van der Waals surface area contributed by atoms with Crippen molar-refractivity contribution in [3.63, 3.8) is 0 Å². The van der Waals surface area contributed by atoms with Gasteiger partial charge < -0.3 is 10.4 Å². The van der Waals surface area contributed by atoms with E-state index >= 15 is 0 Å². The first kappa shape index (κ1) is 16.4. The van der Waals surface area contributed by atoms with Crippen molar-refractivity contribution in [2.24, 2.45) is 10.2 Å². The number of hydrogen-bond donors (Lipinski definition) is 2. The minimum atomic E-state index is -0.322. The third-order valence-corrected chi connectivity index (χ3v) is 3.65. The number of benzene rings is 3. The fourth-order valence-corrected chi connectivity index (χ4v) is 2.31. The summed E-state index contributed by atoms with van der Waals surface area (Å²) in [5, 5.41) is 21.3. The zero-order valence-corrected chi connectivity index (χ0v) is 13.7. The van der Waals surface area contributed by atoms with Crippen LogP contribution in [0, 0.1) is 6.92 Å². The first-order chi connectivity index (χ1) is 12.1. The Balaban J connectivity index is 1.95. The molecule has 0 heterocycles. The van der Waals surface area contributed by atoms with Crippen LogP contribution >= 0.6 is 0 Å². The highest BCUT2D eigenvalue weighted by atomic mass is 16.3. The van der Waals surface area contributed by atoms with E-state index < -0.39 is 0 Å². The average Bonchev–Trinajstić information content (AvgIpc) is 2.65. The second kappa shape index (κ2) is 7.40. The van der Waals surface area contributed by atoms with E-state index in [1.807, 2.05) is 43.3 Å². The number of carbonyl (C=O) groups is 1. The molecule has 0 saturated heterocycles. The van der Waals surface area contributed by atoms with Crippen molar-refractivity contribution in [2.45, 2.75) is 6.92 Å². The van der Waals surface area contributed by atoms with Gasteiger partial charge in [0.2, 0.25) is 0 Å². The fourth-order valence-electron chi connectivity index (χ4n) is 2.31. The van der Waals surface area contributed by atoms with Crippen molar-refractivity contribution in [3.05, 3.63) is 83.9 Å². The number of rotatable bonds is 4.